The molecule has 0 fully saturated rings. The van der Waals surface area contributed by atoms with Gasteiger partial charge in [0.15, 0.2) is 0 Å². The van der Waals surface area contributed by atoms with Crippen LogP contribution in [0.4, 0.5) is 0 Å². The van der Waals surface area contributed by atoms with E-state index < -0.39 is 23.8 Å². The Morgan fingerprint density at radius 3 is 1.45 bits per heavy atom. The largest absolute Gasteiger partial charge is 0.302 e. The van der Waals surface area contributed by atoms with Crippen molar-refractivity contribution in [3.05, 3.63) is 94.8 Å². The molecule has 0 saturated heterocycles. The molecule has 160 valence electrons. The molecule has 3 rings (SSSR count). The van der Waals surface area contributed by atoms with Crippen LogP contribution in [-0.2, 0) is 4.57 Å². The zero-order valence-electron chi connectivity index (χ0n) is 14.9. The molecule has 3 aromatic rings. The first-order valence-corrected chi connectivity index (χ1v) is 12.6. The van der Waals surface area contributed by atoms with Crippen molar-refractivity contribution in [3.8, 4) is 0 Å². The fourth-order valence-electron chi connectivity index (χ4n) is 2.77. The maximum atomic E-state index is 14.3. The lowest BCUT2D eigenvalue weighted by molar-refractivity contribution is 0.104. The molecule has 0 aliphatic rings. The van der Waals surface area contributed by atoms with Gasteiger partial charge in [0.1, 0.15) is 0 Å². The number of rotatable bonds is 5. The quantitative estimate of drug-likeness (QED) is 0.173. The van der Waals surface area contributed by atoms with Crippen molar-refractivity contribution < 1.29 is 14.2 Å². The predicted molar refractivity (Wildman–Crippen MR) is 130 cm³/mol. The summed E-state index contributed by atoms with van der Waals surface area (Å²) in [5, 5.41) is -1.75. The molecular formula is C20H8Cl7O3P. The highest BCUT2D eigenvalue weighted by Gasteiger charge is 2.46. The van der Waals surface area contributed by atoms with Crippen molar-refractivity contribution in [1.82, 2.24) is 0 Å². The lowest BCUT2D eigenvalue weighted by atomic mass is 10.2. The smallest absolute Gasteiger partial charge is 0.248 e. The Bertz CT molecular complexity index is 1230. The van der Waals surface area contributed by atoms with E-state index >= 15 is 0 Å². The van der Waals surface area contributed by atoms with Gasteiger partial charge in [-0.05, 0) is 12.1 Å². The molecule has 0 saturated carbocycles. The van der Waals surface area contributed by atoms with E-state index in [4.69, 9.17) is 81.2 Å². The Morgan fingerprint density at radius 2 is 0.968 bits per heavy atom. The van der Waals surface area contributed by atoms with Crippen LogP contribution in [-0.4, -0.2) is 11.0 Å². The Morgan fingerprint density at radius 1 is 0.548 bits per heavy atom. The van der Waals surface area contributed by atoms with Gasteiger partial charge in [0.05, 0.1) is 46.3 Å². The van der Waals surface area contributed by atoms with Gasteiger partial charge < -0.3 is 4.57 Å². The number of carbonyl (C=O) groups excluding carboxylic acids is 2. The summed E-state index contributed by atoms with van der Waals surface area (Å²) < 4.78 is 14.3. The molecule has 0 amide bonds. The second kappa shape index (κ2) is 9.63. The average molecular weight is 575 g/mol. The molecule has 0 aliphatic heterocycles. The molecule has 31 heavy (non-hydrogen) atoms. The van der Waals surface area contributed by atoms with Crippen LogP contribution in [0.3, 0.4) is 0 Å². The maximum Gasteiger partial charge on any atom is 0.248 e. The SMILES string of the molecule is O=C(c1c(Cl)cccc1Cl)P(=O)(C(=O)c1c(Cl)c(Cl)c(Cl)c(Cl)c1Cl)c1ccccc1. The first kappa shape index (κ1) is 24.9. The highest BCUT2D eigenvalue weighted by molar-refractivity contribution is 8.01. The Hall–Kier alpha value is -0.740. The van der Waals surface area contributed by atoms with E-state index in [-0.39, 0.29) is 46.0 Å². The minimum Gasteiger partial charge on any atom is -0.302 e. The van der Waals surface area contributed by atoms with Crippen LogP contribution >= 0.6 is 88.3 Å². The third-order valence-corrected chi connectivity index (χ3v) is 9.82. The molecule has 1 unspecified atom stereocenters. The number of halogens is 7. The lowest BCUT2D eigenvalue weighted by Gasteiger charge is -2.20. The predicted octanol–water partition coefficient (Wildman–Crippen LogP) is 8.93. The molecule has 0 radical (unpaired) electrons. The van der Waals surface area contributed by atoms with Gasteiger partial charge in [-0.15, -0.1) is 0 Å². The van der Waals surface area contributed by atoms with Crippen molar-refractivity contribution in [2.45, 2.75) is 0 Å². The second-order valence-electron chi connectivity index (χ2n) is 6.10. The van der Waals surface area contributed by atoms with Gasteiger partial charge in [-0.3, -0.25) is 9.59 Å². The van der Waals surface area contributed by atoms with Crippen LogP contribution in [0.5, 0.6) is 0 Å². The van der Waals surface area contributed by atoms with E-state index in [9.17, 15) is 14.2 Å². The topological polar surface area (TPSA) is 51.2 Å². The van der Waals surface area contributed by atoms with Crippen LogP contribution in [0, 0.1) is 0 Å². The van der Waals surface area contributed by atoms with E-state index in [1.165, 1.54) is 42.5 Å². The van der Waals surface area contributed by atoms with Crippen molar-refractivity contribution >= 4 is 105 Å². The number of carbonyl (C=O) groups is 2. The van der Waals surface area contributed by atoms with Crippen molar-refractivity contribution in [3.63, 3.8) is 0 Å². The van der Waals surface area contributed by atoms with Crippen LogP contribution in [0.25, 0.3) is 0 Å². The molecular weight excluding hydrogens is 567 g/mol. The number of hydrogen-bond acceptors (Lipinski definition) is 3. The molecule has 1 atom stereocenters. The summed E-state index contributed by atoms with van der Waals surface area (Å²) in [6.07, 6.45) is 0. The second-order valence-corrected chi connectivity index (χ2v) is 11.3. The van der Waals surface area contributed by atoms with E-state index in [0.29, 0.717) is 0 Å². The van der Waals surface area contributed by atoms with Crippen LogP contribution < -0.4 is 5.30 Å². The maximum absolute atomic E-state index is 14.3. The standard InChI is InChI=1S/C20H8Cl7O3P/c21-10-7-4-8-11(22)12(10)19(28)31(30,9-5-2-1-3-6-9)20(29)13-14(23)16(25)18(27)17(26)15(13)24/h1-8H. The summed E-state index contributed by atoms with van der Waals surface area (Å²) in [5.74, 6) is 0. The van der Waals surface area contributed by atoms with Crippen molar-refractivity contribution in [2.75, 3.05) is 0 Å². The summed E-state index contributed by atoms with van der Waals surface area (Å²) in [6.45, 7) is 0. The first-order valence-electron chi connectivity index (χ1n) is 8.24. The van der Waals surface area contributed by atoms with Gasteiger partial charge in [-0.2, -0.15) is 0 Å². The Kier molecular flexibility index (Phi) is 7.73. The third kappa shape index (κ3) is 4.28. The molecule has 3 aromatic carbocycles. The fraction of sp³-hybridized carbons (Fsp3) is 0. The average Bonchev–Trinajstić information content (AvgIpc) is 2.76. The van der Waals surface area contributed by atoms with Gasteiger partial charge in [-0.1, -0.05) is 118 Å². The molecule has 11 heteroatoms. The summed E-state index contributed by atoms with van der Waals surface area (Å²) in [6, 6.07) is 11.7. The first-order chi connectivity index (χ1) is 14.5. The van der Waals surface area contributed by atoms with E-state index in [2.05, 4.69) is 0 Å². The Labute approximate surface area is 212 Å². The van der Waals surface area contributed by atoms with Crippen LogP contribution in [0.2, 0.25) is 35.2 Å². The van der Waals surface area contributed by atoms with Gasteiger partial charge >= 0.3 is 0 Å². The van der Waals surface area contributed by atoms with E-state index in [1.54, 1.807) is 6.07 Å². The normalized spacial score (nSPS) is 13.0. The monoisotopic (exact) mass is 572 g/mol. The minimum absolute atomic E-state index is 0.0738. The fourth-order valence-corrected chi connectivity index (χ4v) is 7.26. The molecule has 0 aliphatic carbocycles. The number of benzene rings is 3. The zero-order valence-corrected chi connectivity index (χ0v) is 21.1. The van der Waals surface area contributed by atoms with Crippen LogP contribution in [0.1, 0.15) is 20.7 Å². The van der Waals surface area contributed by atoms with Crippen molar-refractivity contribution in [2.24, 2.45) is 0 Å². The van der Waals surface area contributed by atoms with Gasteiger partial charge in [0.25, 0.3) is 0 Å². The summed E-state index contributed by atoms with van der Waals surface area (Å²) in [4.78, 5) is 27.2. The summed E-state index contributed by atoms with van der Waals surface area (Å²) in [5.41, 5.74) is -3.04. The molecule has 0 aromatic heterocycles. The molecule has 0 N–H and O–H groups in total. The number of hydrogen-bond donors (Lipinski definition) is 0. The van der Waals surface area contributed by atoms with E-state index in [1.807, 2.05) is 0 Å². The van der Waals surface area contributed by atoms with Crippen LogP contribution in [0.15, 0.2) is 48.5 Å². The zero-order chi connectivity index (χ0) is 23.1. The minimum atomic E-state index is -4.64. The van der Waals surface area contributed by atoms with E-state index in [0.717, 1.165) is 0 Å². The highest BCUT2D eigenvalue weighted by Crippen LogP contribution is 2.56. The van der Waals surface area contributed by atoms with Gasteiger partial charge in [0.2, 0.25) is 18.2 Å². The van der Waals surface area contributed by atoms with Gasteiger partial charge in [0, 0.05) is 5.30 Å². The molecule has 0 heterocycles. The third-order valence-electron chi connectivity index (χ3n) is 4.29. The summed E-state index contributed by atoms with van der Waals surface area (Å²) >= 11 is 42.9. The Balaban J connectivity index is 2.37. The van der Waals surface area contributed by atoms with Gasteiger partial charge in [-0.25, -0.2) is 0 Å². The molecule has 0 spiro atoms. The summed E-state index contributed by atoms with van der Waals surface area (Å²) in [7, 11) is -4.64. The molecule has 0 bridgehead atoms. The lowest BCUT2D eigenvalue weighted by Crippen LogP contribution is -2.21. The van der Waals surface area contributed by atoms with Crippen molar-refractivity contribution in [1.29, 1.82) is 0 Å². The highest BCUT2D eigenvalue weighted by atomic mass is 35.5. The molecule has 3 nitrogen and oxygen atoms in total.